The van der Waals surface area contributed by atoms with Crippen molar-refractivity contribution in [3.63, 3.8) is 0 Å². The molecule has 0 aromatic heterocycles. The van der Waals surface area contributed by atoms with Crippen molar-refractivity contribution in [3.8, 4) is 0 Å². The Kier molecular flexibility index (Phi) is 5.02. The Morgan fingerprint density at radius 3 is 2.36 bits per heavy atom. The van der Waals surface area contributed by atoms with Crippen LogP contribution in [0.3, 0.4) is 0 Å². The fourth-order valence-electron chi connectivity index (χ4n) is 3.96. The number of aliphatic hydroxyl groups is 1. The summed E-state index contributed by atoms with van der Waals surface area (Å²) in [7, 11) is 1.87. The summed E-state index contributed by atoms with van der Waals surface area (Å²) in [5, 5.41) is 19.3. The molecule has 1 saturated carbocycles. The highest BCUT2D eigenvalue weighted by molar-refractivity contribution is 7.90. The first-order valence-electron chi connectivity index (χ1n) is 7.87. The second-order valence-corrected chi connectivity index (χ2v) is 9.95. The summed E-state index contributed by atoms with van der Waals surface area (Å²) >= 11 is -1.14. The van der Waals surface area contributed by atoms with Gasteiger partial charge in [0.2, 0.25) is 0 Å². The molecular formula is C15H28N2O4S. The molecule has 6 nitrogen and oxygen atoms in total. The Morgan fingerprint density at radius 1 is 1.36 bits per heavy atom. The van der Waals surface area contributed by atoms with E-state index in [1.165, 1.54) is 4.90 Å². The van der Waals surface area contributed by atoms with Crippen LogP contribution >= 0.6 is 0 Å². The Balaban J connectivity index is 2.15. The van der Waals surface area contributed by atoms with Gasteiger partial charge in [-0.2, -0.15) is 0 Å². The van der Waals surface area contributed by atoms with Crippen LogP contribution in [0.25, 0.3) is 0 Å². The third kappa shape index (κ3) is 3.37. The zero-order valence-corrected chi connectivity index (χ0v) is 14.7. The number of rotatable bonds is 2. The van der Waals surface area contributed by atoms with Gasteiger partial charge < -0.3 is 19.7 Å². The van der Waals surface area contributed by atoms with Crippen molar-refractivity contribution in [2.45, 2.75) is 63.3 Å². The van der Waals surface area contributed by atoms with Gasteiger partial charge in [0.15, 0.2) is 0 Å². The van der Waals surface area contributed by atoms with E-state index in [2.05, 4.69) is 0 Å². The molecule has 7 heteroatoms. The summed E-state index contributed by atoms with van der Waals surface area (Å²) in [6.45, 7) is 6.84. The van der Waals surface area contributed by atoms with Crippen molar-refractivity contribution in [1.82, 2.24) is 9.21 Å². The highest BCUT2D eigenvalue weighted by Crippen LogP contribution is 2.49. The average molecular weight is 332 g/mol. The van der Waals surface area contributed by atoms with E-state index in [-0.39, 0.29) is 22.3 Å². The molecule has 3 atom stereocenters. The van der Waals surface area contributed by atoms with E-state index in [9.17, 15) is 14.5 Å². The fourth-order valence-corrected chi connectivity index (χ4v) is 5.36. The summed E-state index contributed by atoms with van der Waals surface area (Å²) in [6, 6.07) is 0.0403. The second-order valence-electron chi connectivity index (χ2n) is 7.65. The monoisotopic (exact) mass is 332 g/mol. The van der Waals surface area contributed by atoms with Crippen LogP contribution in [0.1, 0.15) is 46.5 Å². The molecule has 0 radical (unpaired) electrons. The third-order valence-electron chi connectivity index (χ3n) is 5.10. The minimum absolute atomic E-state index is 0.0403. The standard InChI is InChI=1S/C15H28N2O4S/c1-14(2,3)22(21)16(4)12-9-11(18)10-15(12)5-7-17(8-6-15)13(19)20/h11-12,18H,5-10H2,1-4H3,(H,19,20)/t11?,12?,22-/m1/s1. The molecule has 1 aliphatic carbocycles. The van der Waals surface area contributed by atoms with E-state index in [0.717, 1.165) is 12.8 Å². The van der Waals surface area contributed by atoms with Crippen molar-refractivity contribution >= 4 is 17.5 Å². The van der Waals surface area contributed by atoms with E-state index < -0.39 is 17.5 Å². The second kappa shape index (κ2) is 6.19. The largest absolute Gasteiger partial charge is 0.597 e. The van der Waals surface area contributed by atoms with Gasteiger partial charge in [0.1, 0.15) is 4.75 Å². The van der Waals surface area contributed by atoms with Gasteiger partial charge in [0.05, 0.1) is 12.1 Å². The lowest BCUT2D eigenvalue weighted by Crippen LogP contribution is -2.54. The molecule has 2 aliphatic rings. The van der Waals surface area contributed by atoms with Crippen LogP contribution < -0.4 is 0 Å². The van der Waals surface area contributed by atoms with Crippen molar-refractivity contribution in [1.29, 1.82) is 0 Å². The summed E-state index contributed by atoms with van der Waals surface area (Å²) < 4.78 is 14.3. The zero-order chi connectivity index (χ0) is 16.7. The smallest absolute Gasteiger partial charge is 0.407 e. The molecule has 22 heavy (non-hydrogen) atoms. The van der Waals surface area contributed by atoms with Crippen molar-refractivity contribution in [2.24, 2.45) is 5.41 Å². The lowest BCUT2D eigenvalue weighted by molar-refractivity contribution is 0.0557. The highest BCUT2D eigenvalue weighted by atomic mass is 32.2. The van der Waals surface area contributed by atoms with E-state index in [0.29, 0.717) is 25.9 Å². The van der Waals surface area contributed by atoms with Gasteiger partial charge in [-0.25, -0.2) is 4.79 Å². The number of likely N-dealkylation sites (tertiary alicyclic amines) is 1. The Hall–Kier alpha value is -0.500. The van der Waals surface area contributed by atoms with Crippen molar-refractivity contribution in [2.75, 3.05) is 20.1 Å². The van der Waals surface area contributed by atoms with Crippen LogP contribution in [0.2, 0.25) is 0 Å². The number of piperidine rings is 1. The SMILES string of the molecule is CN(C1CC(O)CC12CCN(C(=O)O)CC2)[S@+]([O-])C(C)(C)C. The van der Waals surface area contributed by atoms with Crippen LogP contribution in [0, 0.1) is 5.41 Å². The molecule has 0 aromatic carbocycles. The van der Waals surface area contributed by atoms with Gasteiger partial charge in [-0.3, -0.25) is 0 Å². The predicted octanol–water partition coefficient (Wildman–Crippen LogP) is 1.66. The average Bonchev–Trinajstić information content (AvgIpc) is 2.73. The number of amides is 1. The maximum Gasteiger partial charge on any atom is 0.407 e. The third-order valence-corrected chi connectivity index (χ3v) is 6.92. The first kappa shape index (κ1) is 17.8. The minimum Gasteiger partial charge on any atom is -0.597 e. The zero-order valence-electron chi connectivity index (χ0n) is 13.9. The number of carboxylic acid groups (broad SMARTS) is 1. The molecule has 0 aromatic rings. The van der Waals surface area contributed by atoms with Crippen LogP contribution in [0.4, 0.5) is 4.79 Å². The molecule has 1 spiro atoms. The number of nitrogens with zero attached hydrogens (tertiary/aromatic N) is 2. The summed E-state index contributed by atoms with van der Waals surface area (Å²) in [6.07, 6.45) is 1.49. The predicted molar refractivity (Wildman–Crippen MR) is 86.0 cm³/mol. The van der Waals surface area contributed by atoms with Crippen LogP contribution in [-0.2, 0) is 11.4 Å². The highest BCUT2D eigenvalue weighted by Gasteiger charge is 2.53. The molecule has 1 amide bonds. The lowest BCUT2D eigenvalue weighted by atomic mass is 9.74. The molecule has 0 bridgehead atoms. The fraction of sp³-hybridized carbons (Fsp3) is 0.933. The van der Waals surface area contributed by atoms with E-state index in [1.54, 1.807) is 0 Å². The minimum atomic E-state index is -1.14. The molecule has 128 valence electrons. The normalized spacial score (nSPS) is 30.0. The summed E-state index contributed by atoms with van der Waals surface area (Å²) in [5.74, 6) is 0. The number of aliphatic hydroxyl groups excluding tert-OH is 1. The first-order valence-corrected chi connectivity index (χ1v) is 8.98. The van der Waals surface area contributed by atoms with Gasteiger partial charge in [-0.15, -0.1) is 4.31 Å². The van der Waals surface area contributed by atoms with Crippen LogP contribution in [0.15, 0.2) is 0 Å². The maximum absolute atomic E-state index is 12.7. The summed E-state index contributed by atoms with van der Waals surface area (Å²) in [5.41, 5.74) is -0.124. The molecule has 2 unspecified atom stereocenters. The van der Waals surface area contributed by atoms with E-state index in [1.807, 2.05) is 32.1 Å². The molecule has 2 rings (SSSR count). The van der Waals surface area contributed by atoms with Gasteiger partial charge in [0, 0.05) is 31.5 Å². The lowest BCUT2D eigenvalue weighted by Gasteiger charge is -2.45. The molecule has 2 N–H and O–H groups in total. The van der Waals surface area contributed by atoms with E-state index >= 15 is 0 Å². The quantitative estimate of drug-likeness (QED) is 0.751. The Labute approximate surface area is 135 Å². The van der Waals surface area contributed by atoms with Gasteiger partial charge in [-0.05, 0) is 51.9 Å². The molecule has 1 saturated heterocycles. The first-order chi connectivity index (χ1) is 10.1. The Morgan fingerprint density at radius 2 is 1.91 bits per heavy atom. The molecule has 1 heterocycles. The van der Waals surface area contributed by atoms with Crippen LogP contribution in [-0.4, -0.2) is 67.1 Å². The maximum atomic E-state index is 12.7. The topological polar surface area (TPSA) is 87.1 Å². The number of carbonyl (C=O) groups is 1. The van der Waals surface area contributed by atoms with Gasteiger partial charge in [-0.1, -0.05) is 0 Å². The van der Waals surface area contributed by atoms with E-state index in [4.69, 9.17) is 5.11 Å². The Bertz CT molecular complexity index is 418. The number of hydrogen-bond donors (Lipinski definition) is 2. The van der Waals surface area contributed by atoms with Gasteiger partial charge in [0.25, 0.3) is 0 Å². The van der Waals surface area contributed by atoms with Crippen molar-refractivity contribution in [3.05, 3.63) is 0 Å². The van der Waals surface area contributed by atoms with Crippen molar-refractivity contribution < 1.29 is 19.6 Å². The summed E-state index contributed by atoms with van der Waals surface area (Å²) in [4.78, 5) is 12.5. The molecule has 1 aliphatic heterocycles. The molecule has 2 fully saturated rings. The van der Waals surface area contributed by atoms with Gasteiger partial charge >= 0.3 is 6.09 Å². The number of hydrogen-bond acceptors (Lipinski definition) is 4. The van der Waals surface area contributed by atoms with Crippen LogP contribution in [0.5, 0.6) is 0 Å². The molecular weight excluding hydrogens is 304 g/mol.